The highest BCUT2D eigenvalue weighted by Gasteiger charge is 2.08. The summed E-state index contributed by atoms with van der Waals surface area (Å²) in [5.74, 6) is 1.43. The van der Waals surface area contributed by atoms with Crippen LogP contribution in [0.1, 0.15) is 11.1 Å². The molecule has 4 rings (SSSR count). The van der Waals surface area contributed by atoms with Crippen LogP contribution in [0.2, 0.25) is 0 Å². The first-order valence-electron chi connectivity index (χ1n) is 9.44. The number of anilines is 5. The van der Waals surface area contributed by atoms with Crippen molar-refractivity contribution in [3.63, 3.8) is 0 Å². The zero-order valence-corrected chi connectivity index (χ0v) is 16.1. The lowest BCUT2D eigenvalue weighted by atomic mass is 10.1. The van der Waals surface area contributed by atoms with E-state index in [-0.39, 0.29) is 0 Å². The minimum atomic E-state index is 0.469. The Morgan fingerprint density at radius 1 is 0.586 bits per heavy atom. The van der Waals surface area contributed by atoms with Crippen molar-refractivity contribution in [2.75, 3.05) is 16.0 Å². The summed E-state index contributed by atoms with van der Waals surface area (Å²) in [6.45, 7) is 2.70. The number of para-hydroxylation sites is 2. The highest BCUT2D eigenvalue weighted by atomic mass is 15.3. The van der Waals surface area contributed by atoms with Crippen molar-refractivity contribution in [1.29, 1.82) is 0 Å². The Bertz CT molecular complexity index is 990. The van der Waals surface area contributed by atoms with Gasteiger partial charge in [-0.3, -0.25) is 0 Å². The summed E-state index contributed by atoms with van der Waals surface area (Å²) in [5.41, 5.74) is 4.21. The lowest BCUT2D eigenvalue weighted by molar-refractivity contribution is 1.01. The van der Waals surface area contributed by atoms with Crippen LogP contribution in [0.25, 0.3) is 0 Å². The highest BCUT2D eigenvalue weighted by molar-refractivity contribution is 5.59. The molecule has 4 aromatic rings. The van der Waals surface area contributed by atoms with Gasteiger partial charge in [-0.05, 0) is 36.8 Å². The SMILES string of the molecule is Cc1ccc(CNc2nc(Nc3ccccc3)nc(Nc3ccccc3)n2)cc1. The molecule has 29 heavy (non-hydrogen) atoms. The fourth-order valence-corrected chi connectivity index (χ4v) is 2.76. The molecular weight excluding hydrogens is 360 g/mol. The molecule has 144 valence electrons. The number of hydrogen-bond acceptors (Lipinski definition) is 6. The molecule has 0 bridgehead atoms. The summed E-state index contributed by atoms with van der Waals surface area (Å²) in [5, 5.41) is 9.76. The van der Waals surface area contributed by atoms with Crippen molar-refractivity contribution in [2.24, 2.45) is 0 Å². The molecule has 0 aliphatic heterocycles. The molecule has 0 atom stereocenters. The molecule has 0 saturated carbocycles. The zero-order valence-electron chi connectivity index (χ0n) is 16.1. The van der Waals surface area contributed by atoms with Crippen LogP contribution < -0.4 is 16.0 Å². The smallest absolute Gasteiger partial charge is 0.233 e. The number of hydrogen-bond donors (Lipinski definition) is 3. The van der Waals surface area contributed by atoms with E-state index in [1.54, 1.807) is 0 Å². The van der Waals surface area contributed by atoms with Gasteiger partial charge in [-0.25, -0.2) is 0 Å². The number of aromatic nitrogens is 3. The fourth-order valence-electron chi connectivity index (χ4n) is 2.76. The van der Waals surface area contributed by atoms with E-state index in [1.807, 2.05) is 60.7 Å². The van der Waals surface area contributed by atoms with Crippen molar-refractivity contribution < 1.29 is 0 Å². The van der Waals surface area contributed by atoms with Gasteiger partial charge >= 0.3 is 0 Å². The van der Waals surface area contributed by atoms with Crippen molar-refractivity contribution in [3.8, 4) is 0 Å². The topological polar surface area (TPSA) is 74.8 Å². The zero-order chi connectivity index (χ0) is 19.9. The Morgan fingerprint density at radius 3 is 1.59 bits per heavy atom. The van der Waals surface area contributed by atoms with Crippen LogP contribution in [0, 0.1) is 6.92 Å². The quantitative estimate of drug-likeness (QED) is 0.404. The lowest BCUT2D eigenvalue weighted by Gasteiger charge is -2.11. The third kappa shape index (κ3) is 5.29. The second kappa shape index (κ2) is 8.84. The van der Waals surface area contributed by atoms with Crippen molar-refractivity contribution in [1.82, 2.24) is 15.0 Å². The van der Waals surface area contributed by atoms with Gasteiger partial charge in [0.1, 0.15) is 0 Å². The molecule has 3 N–H and O–H groups in total. The van der Waals surface area contributed by atoms with Gasteiger partial charge in [0.05, 0.1) is 0 Å². The largest absolute Gasteiger partial charge is 0.350 e. The van der Waals surface area contributed by atoms with Crippen molar-refractivity contribution in [3.05, 3.63) is 96.1 Å². The van der Waals surface area contributed by atoms with E-state index in [0.717, 1.165) is 16.9 Å². The molecule has 0 aliphatic rings. The number of rotatable bonds is 7. The first kappa shape index (κ1) is 18.4. The predicted octanol–water partition coefficient (Wildman–Crippen LogP) is 5.28. The molecule has 0 unspecified atom stereocenters. The summed E-state index contributed by atoms with van der Waals surface area (Å²) in [7, 11) is 0. The molecule has 0 fully saturated rings. The average molecular weight is 382 g/mol. The van der Waals surface area contributed by atoms with Gasteiger partial charge in [-0.2, -0.15) is 15.0 Å². The minimum Gasteiger partial charge on any atom is -0.350 e. The van der Waals surface area contributed by atoms with Crippen LogP contribution in [-0.2, 0) is 6.54 Å². The minimum absolute atomic E-state index is 0.469. The van der Waals surface area contributed by atoms with Crippen LogP contribution in [0.3, 0.4) is 0 Å². The average Bonchev–Trinajstić information content (AvgIpc) is 2.75. The molecule has 6 heteroatoms. The van der Waals surface area contributed by atoms with Crippen LogP contribution in [0.15, 0.2) is 84.9 Å². The number of nitrogens with one attached hydrogen (secondary N) is 3. The monoisotopic (exact) mass is 382 g/mol. The van der Waals surface area contributed by atoms with Gasteiger partial charge in [0.15, 0.2) is 0 Å². The van der Waals surface area contributed by atoms with Crippen molar-refractivity contribution in [2.45, 2.75) is 13.5 Å². The van der Waals surface area contributed by atoms with E-state index >= 15 is 0 Å². The first-order valence-corrected chi connectivity index (χ1v) is 9.44. The van der Waals surface area contributed by atoms with E-state index < -0.39 is 0 Å². The van der Waals surface area contributed by atoms with Crippen molar-refractivity contribution >= 4 is 29.2 Å². The number of aryl methyl sites for hydroxylation is 1. The third-order valence-corrected chi connectivity index (χ3v) is 4.27. The van der Waals surface area contributed by atoms with Gasteiger partial charge in [0.25, 0.3) is 0 Å². The number of benzene rings is 3. The summed E-state index contributed by atoms with van der Waals surface area (Å²) in [6, 6.07) is 28.0. The Morgan fingerprint density at radius 2 is 1.07 bits per heavy atom. The van der Waals surface area contributed by atoms with Crippen LogP contribution in [0.5, 0.6) is 0 Å². The van der Waals surface area contributed by atoms with Gasteiger partial charge in [-0.1, -0.05) is 66.2 Å². The maximum Gasteiger partial charge on any atom is 0.233 e. The molecule has 3 aromatic carbocycles. The van der Waals surface area contributed by atoms with Gasteiger partial charge in [-0.15, -0.1) is 0 Å². The molecule has 1 aromatic heterocycles. The molecular formula is C23H22N6. The first-order chi connectivity index (χ1) is 14.2. The van der Waals surface area contributed by atoms with Crippen LogP contribution >= 0.6 is 0 Å². The second-order valence-electron chi connectivity index (χ2n) is 6.63. The number of nitrogens with zero attached hydrogens (tertiary/aromatic N) is 3. The Hall–Kier alpha value is -3.93. The summed E-state index contributed by atoms with van der Waals surface area (Å²) >= 11 is 0. The molecule has 0 saturated heterocycles. The Labute approximate surface area is 170 Å². The molecule has 0 spiro atoms. The van der Waals surface area contributed by atoms with E-state index in [2.05, 4.69) is 62.1 Å². The van der Waals surface area contributed by atoms with E-state index in [1.165, 1.54) is 5.56 Å². The van der Waals surface area contributed by atoms with E-state index in [0.29, 0.717) is 24.4 Å². The second-order valence-corrected chi connectivity index (χ2v) is 6.63. The maximum atomic E-state index is 4.52. The predicted molar refractivity (Wildman–Crippen MR) is 118 cm³/mol. The maximum absolute atomic E-state index is 4.52. The molecule has 6 nitrogen and oxygen atoms in total. The Kier molecular flexibility index (Phi) is 5.62. The van der Waals surface area contributed by atoms with Gasteiger partial charge < -0.3 is 16.0 Å². The molecule has 1 heterocycles. The summed E-state index contributed by atoms with van der Waals surface area (Å²) in [6.07, 6.45) is 0. The fraction of sp³-hybridized carbons (Fsp3) is 0.0870. The third-order valence-electron chi connectivity index (χ3n) is 4.27. The standard InChI is InChI=1S/C23H22N6/c1-17-12-14-18(15-13-17)16-24-21-27-22(25-19-8-4-2-5-9-19)29-23(28-21)26-20-10-6-3-7-11-20/h2-15H,16H2,1H3,(H3,24,25,26,27,28,29). The highest BCUT2D eigenvalue weighted by Crippen LogP contribution is 2.18. The van der Waals surface area contributed by atoms with E-state index in [9.17, 15) is 0 Å². The molecule has 0 aliphatic carbocycles. The normalized spacial score (nSPS) is 10.4. The van der Waals surface area contributed by atoms with E-state index in [4.69, 9.17) is 0 Å². The summed E-state index contributed by atoms with van der Waals surface area (Å²) in [4.78, 5) is 13.5. The molecule has 0 amide bonds. The lowest BCUT2D eigenvalue weighted by Crippen LogP contribution is -2.09. The molecule has 0 radical (unpaired) electrons. The van der Waals surface area contributed by atoms with Crippen LogP contribution in [-0.4, -0.2) is 15.0 Å². The van der Waals surface area contributed by atoms with Gasteiger partial charge in [0.2, 0.25) is 17.8 Å². The summed E-state index contributed by atoms with van der Waals surface area (Å²) < 4.78 is 0. The Balaban J connectivity index is 1.57. The van der Waals surface area contributed by atoms with Crippen LogP contribution in [0.4, 0.5) is 29.2 Å². The van der Waals surface area contributed by atoms with Gasteiger partial charge in [0, 0.05) is 17.9 Å².